The fourth-order valence-electron chi connectivity index (χ4n) is 2.23. The number of rotatable bonds is 2. The molecule has 2 rings (SSSR count). The van der Waals surface area contributed by atoms with Crippen molar-refractivity contribution in [1.82, 2.24) is 9.97 Å². The molecule has 5 heteroatoms. The van der Waals surface area contributed by atoms with E-state index in [1.54, 1.807) is 23.4 Å². The number of hydrogen-bond donors (Lipinski definition) is 1. The molecule has 1 N–H and O–H groups in total. The van der Waals surface area contributed by atoms with Crippen LogP contribution in [0.15, 0.2) is 18.5 Å². The van der Waals surface area contributed by atoms with Gasteiger partial charge in [-0.3, -0.25) is 0 Å². The molecule has 1 saturated heterocycles. The Balaban J connectivity index is 2.27. The zero-order valence-corrected chi connectivity index (χ0v) is 9.21. The minimum Gasteiger partial charge on any atom is -0.480 e. The number of anilines is 1. The van der Waals surface area contributed by atoms with Crippen LogP contribution in [-0.4, -0.2) is 33.6 Å². The molecule has 2 unspecified atom stereocenters. The molecule has 1 aliphatic heterocycles. The van der Waals surface area contributed by atoms with Gasteiger partial charge in [0, 0.05) is 18.9 Å². The first kappa shape index (κ1) is 10.9. The summed E-state index contributed by atoms with van der Waals surface area (Å²) in [4.78, 5) is 21.3. The number of carbonyl (C=O) groups is 1. The number of aliphatic carboxylic acids is 1. The van der Waals surface area contributed by atoms with Crippen LogP contribution in [0.3, 0.4) is 0 Å². The molecule has 1 aliphatic rings. The van der Waals surface area contributed by atoms with Crippen LogP contribution >= 0.6 is 0 Å². The van der Waals surface area contributed by atoms with Crippen LogP contribution in [0.5, 0.6) is 0 Å². The molecule has 0 spiro atoms. The number of carboxylic acids is 1. The first-order valence-corrected chi connectivity index (χ1v) is 5.46. The van der Waals surface area contributed by atoms with Crippen LogP contribution in [0.25, 0.3) is 0 Å². The first-order chi connectivity index (χ1) is 7.70. The second-order valence-electron chi connectivity index (χ2n) is 4.14. The number of hydrogen-bond acceptors (Lipinski definition) is 4. The third-order valence-corrected chi connectivity index (χ3v) is 3.00. The summed E-state index contributed by atoms with van der Waals surface area (Å²) >= 11 is 0. The van der Waals surface area contributed by atoms with Gasteiger partial charge in [-0.15, -0.1) is 0 Å². The largest absolute Gasteiger partial charge is 0.480 e. The molecule has 0 saturated carbocycles. The van der Waals surface area contributed by atoms with Crippen molar-refractivity contribution in [2.24, 2.45) is 5.92 Å². The Hall–Kier alpha value is -1.65. The van der Waals surface area contributed by atoms with E-state index in [1.807, 2.05) is 6.92 Å². The summed E-state index contributed by atoms with van der Waals surface area (Å²) in [6.45, 7) is 2.68. The molecule has 1 aromatic rings. The maximum atomic E-state index is 11.3. The van der Waals surface area contributed by atoms with Crippen LogP contribution in [0.1, 0.15) is 19.8 Å². The molecule has 1 fully saturated rings. The van der Waals surface area contributed by atoms with Gasteiger partial charge in [-0.2, -0.15) is 0 Å². The monoisotopic (exact) mass is 221 g/mol. The van der Waals surface area contributed by atoms with E-state index < -0.39 is 12.0 Å². The standard InChI is InChI=1S/C11H15N3O2/c1-8-4-2-7-14(9(8)10(15)16)11-12-5-3-6-13-11/h3,5-6,8-9H,2,4,7H2,1H3,(H,15,16). The van der Waals surface area contributed by atoms with Crippen molar-refractivity contribution >= 4 is 11.9 Å². The Morgan fingerprint density at radius 2 is 2.19 bits per heavy atom. The quantitative estimate of drug-likeness (QED) is 0.811. The Labute approximate surface area is 94.1 Å². The average molecular weight is 221 g/mol. The molecule has 2 atom stereocenters. The Morgan fingerprint density at radius 1 is 1.50 bits per heavy atom. The van der Waals surface area contributed by atoms with E-state index in [4.69, 9.17) is 0 Å². The molecule has 5 nitrogen and oxygen atoms in total. The number of aromatic nitrogens is 2. The normalized spacial score (nSPS) is 25.4. The van der Waals surface area contributed by atoms with Crippen molar-refractivity contribution in [3.05, 3.63) is 18.5 Å². The lowest BCUT2D eigenvalue weighted by Crippen LogP contribution is -2.50. The van der Waals surface area contributed by atoms with Gasteiger partial charge >= 0.3 is 5.97 Å². The van der Waals surface area contributed by atoms with Gasteiger partial charge in [-0.25, -0.2) is 14.8 Å². The summed E-state index contributed by atoms with van der Waals surface area (Å²) in [7, 11) is 0. The molecule has 1 aromatic heterocycles. The van der Waals surface area contributed by atoms with E-state index >= 15 is 0 Å². The smallest absolute Gasteiger partial charge is 0.326 e. The van der Waals surface area contributed by atoms with E-state index in [1.165, 1.54) is 0 Å². The van der Waals surface area contributed by atoms with E-state index in [2.05, 4.69) is 9.97 Å². The SMILES string of the molecule is CC1CCCN(c2ncccn2)C1C(=O)O. The van der Waals surface area contributed by atoms with E-state index in [0.717, 1.165) is 12.8 Å². The second kappa shape index (κ2) is 4.47. The molecular formula is C11H15N3O2. The zero-order valence-electron chi connectivity index (χ0n) is 9.21. The third-order valence-electron chi connectivity index (χ3n) is 3.00. The van der Waals surface area contributed by atoms with Crippen LogP contribution in [0.2, 0.25) is 0 Å². The zero-order chi connectivity index (χ0) is 11.5. The van der Waals surface area contributed by atoms with Crippen LogP contribution < -0.4 is 4.90 Å². The second-order valence-corrected chi connectivity index (χ2v) is 4.14. The molecule has 0 radical (unpaired) electrons. The van der Waals surface area contributed by atoms with Crippen molar-refractivity contribution in [2.75, 3.05) is 11.4 Å². The van der Waals surface area contributed by atoms with Gasteiger partial charge in [0.2, 0.25) is 5.95 Å². The lowest BCUT2D eigenvalue weighted by Gasteiger charge is -2.37. The molecule has 0 aliphatic carbocycles. The highest BCUT2D eigenvalue weighted by atomic mass is 16.4. The van der Waals surface area contributed by atoms with Gasteiger partial charge < -0.3 is 10.0 Å². The number of nitrogens with zero attached hydrogens (tertiary/aromatic N) is 3. The predicted molar refractivity (Wildman–Crippen MR) is 59.2 cm³/mol. The predicted octanol–water partition coefficient (Wildman–Crippen LogP) is 1.17. The number of carboxylic acid groups (broad SMARTS) is 1. The van der Waals surface area contributed by atoms with Gasteiger partial charge in [0.25, 0.3) is 0 Å². The number of piperidine rings is 1. The van der Waals surface area contributed by atoms with Gasteiger partial charge in [0.05, 0.1) is 0 Å². The molecule has 16 heavy (non-hydrogen) atoms. The maximum Gasteiger partial charge on any atom is 0.326 e. The lowest BCUT2D eigenvalue weighted by atomic mass is 9.91. The van der Waals surface area contributed by atoms with Crippen LogP contribution in [0, 0.1) is 5.92 Å². The Bertz CT molecular complexity index is 369. The molecule has 0 bridgehead atoms. The van der Waals surface area contributed by atoms with Gasteiger partial charge in [-0.1, -0.05) is 6.92 Å². The molecule has 86 valence electrons. The van der Waals surface area contributed by atoms with Crippen molar-refractivity contribution in [2.45, 2.75) is 25.8 Å². The minimum atomic E-state index is -0.792. The summed E-state index contributed by atoms with van der Waals surface area (Å²) in [5.41, 5.74) is 0. The lowest BCUT2D eigenvalue weighted by molar-refractivity contribution is -0.140. The highest BCUT2D eigenvalue weighted by molar-refractivity contribution is 5.78. The van der Waals surface area contributed by atoms with Crippen LogP contribution in [-0.2, 0) is 4.79 Å². The summed E-state index contributed by atoms with van der Waals surface area (Å²) in [6.07, 6.45) is 5.21. The van der Waals surface area contributed by atoms with Gasteiger partial charge in [-0.05, 0) is 24.8 Å². The molecule has 0 aromatic carbocycles. The Kier molecular flexibility index (Phi) is 3.03. The van der Waals surface area contributed by atoms with Crippen LogP contribution in [0.4, 0.5) is 5.95 Å². The topological polar surface area (TPSA) is 66.3 Å². The third kappa shape index (κ3) is 1.98. The summed E-state index contributed by atoms with van der Waals surface area (Å²) < 4.78 is 0. The minimum absolute atomic E-state index is 0.134. The summed E-state index contributed by atoms with van der Waals surface area (Å²) in [5.74, 6) is -0.142. The Morgan fingerprint density at radius 3 is 2.81 bits per heavy atom. The summed E-state index contributed by atoms with van der Waals surface area (Å²) in [5, 5.41) is 9.24. The first-order valence-electron chi connectivity index (χ1n) is 5.46. The van der Waals surface area contributed by atoms with E-state index in [0.29, 0.717) is 12.5 Å². The highest BCUT2D eigenvalue weighted by Gasteiger charge is 2.35. The van der Waals surface area contributed by atoms with E-state index in [9.17, 15) is 9.90 Å². The average Bonchev–Trinajstić information content (AvgIpc) is 2.29. The fourth-order valence-corrected chi connectivity index (χ4v) is 2.23. The highest BCUT2D eigenvalue weighted by Crippen LogP contribution is 2.26. The molecule has 2 heterocycles. The van der Waals surface area contributed by atoms with Crippen molar-refractivity contribution in [3.8, 4) is 0 Å². The van der Waals surface area contributed by atoms with Gasteiger partial charge in [0.15, 0.2) is 0 Å². The van der Waals surface area contributed by atoms with Gasteiger partial charge in [0.1, 0.15) is 6.04 Å². The van der Waals surface area contributed by atoms with Crippen molar-refractivity contribution < 1.29 is 9.90 Å². The molecular weight excluding hydrogens is 206 g/mol. The molecule has 0 amide bonds. The van der Waals surface area contributed by atoms with E-state index in [-0.39, 0.29) is 5.92 Å². The summed E-state index contributed by atoms with van der Waals surface area (Å²) in [6, 6.07) is 1.23. The fraction of sp³-hybridized carbons (Fsp3) is 0.545. The van der Waals surface area contributed by atoms with Crippen molar-refractivity contribution in [3.63, 3.8) is 0 Å². The van der Waals surface area contributed by atoms with Crippen molar-refractivity contribution in [1.29, 1.82) is 0 Å². The maximum absolute atomic E-state index is 11.3.